The Morgan fingerprint density at radius 2 is 2.11 bits per heavy atom. The summed E-state index contributed by atoms with van der Waals surface area (Å²) in [6.45, 7) is 2.10. The van der Waals surface area contributed by atoms with Crippen LogP contribution in [0.2, 0.25) is 0 Å². The van der Waals surface area contributed by atoms with Crippen LogP contribution in [0.1, 0.15) is 44.2 Å². The van der Waals surface area contributed by atoms with Crippen LogP contribution in [0.25, 0.3) is 0 Å². The van der Waals surface area contributed by atoms with Gasteiger partial charge in [-0.25, -0.2) is 0 Å². The van der Waals surface area contributed by atoms with E-state index >= 15 is 0 Å². The molecule has 6 heteroatoms. The molecule has 2 rings (SSSR count). The number of nitrogens with one attached hydrogen (secondary N) is 1. The van der Waals surface area contributed by atoms with E-state index < -0.39 is 5.60 Å². The predicted molar refractivity (Wildman–Crippen MR) is 71.5 cm³/mol. The average Bonchev–Trinajstić information content (AvgIpc) is 2.85. The van der Waals surface area contributed by atoms with Gasteiger partial charge in [-0.05, 0) is 19.3 Å². The Kier molecular flexibility index (Phi) is 5.30. The molecule has 1 fully saturated rings. The molecule has 0 radical (unpaired) electrons. The number of aryl methyl sites for hydroxylation is 1. The summed E-state index contributed by atoms with van der Waals surface area (Å²) in [6.07, 6.45) is 7.84. The van der Waals surface area contributed by atoms with Gasteiger partial charge in [-0.3, -0.25) is 4.68 Å². The van der Waals surface area contributed by atoms with Crippen molar-refractivity contribution < 1.29 is 10.2 Å². The second kappa shape index (κ2) is 6.98. The van der Waals surface area contributed by atoms with E-state index in [2.05, 4.69) is 15.6 Å². The minimum absolute atomic E-state index is 0.167. The van der Waals surface area contributed by atoms with Crippen molar-refractivity contribution in [3.05, 3.63) is 11.9 Å². The molecule has 0 amide bonds. The Balaban J connectivity index is 1.71. The zero-order valence-corrected chi connectivity index (χ0v) is 11.4. The van der Waals surface area contributed by atoms with Crippen LogP contribution in [0.5, 0.6) is 0 Å². The molecule has 0 bridgehead atoms. The molecule has 1 heterocycles. The minimum Gasteiger partial charge on any atom is -0.396 e. The van der Waals surface area contributed by atoms with Crippen LogP contribution in [0, 0.1) is 0 Å². The molecule has 0 unspecified atom stereocenters. The zero-order chi connectivity index (χ0) is 13.6. The average molecular weight is 268 g/mol. The third-order valence-corrected chi connectivity index (χ3v) is 3.68. The van der Waals surface area contributed by atoms with Gasteiger partial charge in [0.25, 0.3) is 0 Å². The SMILES string of the molecule is OCCCn1cc(CNCC2(O)CCCCC2)nn1. The fourth-order valence-corrected chi connectivity index (χ4v) is 2.57. The summed E-state index contributed by atoms with van der Waals surface area (Å²) in [4.78, 5) is 0. The van der Waals surface area contributed by atoms with Crippen molar-refractivity contribution in [1.29, 1.82) is 0 Å². The topological polar surface area (TPSA) is 83.2 Å². The van der Waals surface area contributed by atoms with E-state index in [1.807, 2.05) is 6.20 Å². The second-order valence-electron chi connectivity index (χ2n) is 5.44. The van der Waals surface area contributed by atoms with Gasteiger partial charge in [0, 0.05) is 32.4 Å². The van der Waals surface area contributed by atoms with Gasteiger partial charge in [-0.2, -0.15) is 0 Å². The number of hydrogen-bond acceptors (Lipinski definition) is 5. The molecular weight excluding hydrogens is 244 g/mol. The highest BCUT2D eigenvalue weighted by Gasteiger charge is 2.28. The van der Waals surface area contributed by atoms with Gasteiger partial charge in [0.15, 0.2) is 0 Å². The molecule has 3 N–H and O–H groups in total. The van der Waals surface area contributed by atoms with Gasteiger partial charge < -0.3 is 15.5 Å². The summed E-state index contributed by atoms with van der Waals surface area (Å²) < 4.78 is 1.74. The molecule has 108 valence electrons. The van der Waals surface area contributed by atoms with Crippen molar-refractivity contribution in [3.63, 3.8) is 0 Å². The summed E-state index contributed by atoms with van der Waals surface area (Å²) in [5.74, 6) is 0. The number of nitrogens with zero attached hydrogens (tertiary/aromatic N) is 3. The van der Waals surface area contributed by atoms with Crippen molar-refractivity contribution in [1.82, 2.24) is 20.3 Å². The van der Waals surface area contributed by atoms with E-state index in [0.717, 1.165) is 31.4 Å². The van der Waals surface area contributed by atoms with Crippen LogP contribution >= 0.6 is 0 Å². The van der Waals surface area contributed by atoms with Crippen LogP contribution < -0.4 is 5.32 Å². The standard InChI is InChI=1S/C13H24N4O2/c18-8-4-7-17-10-12(15-16-17)9-14-11-13(19)5-2-1-3-6-13/h10,14,18-19H,1-9,11H2. The van der Waals surface area contributed by atoms with Crippen LogP contribution in [0.3, 0.4) is 0 Å². The first kappa shape index (κ1) is 14.4. The molecule has 6 nitrogen and oxygen atoms in total. The van der Waals surface area contributed by atoms with Gasteiger partial charge in [0.05, 0.1) is 11.3 Å². The zero-order valence-electron chi connectivity index (χ0n) is 11.4. The molecule has 1 saturated carbocycles. The van der Waals surface area contributed by atoms with E-state index in [1.54, 1.807) is 4.68 Å². The highest BCUT2D eigenvalue weighted by atomic mass is 16.3. The van der Waals surface area contributed by atoms with Crippen molar-refractivity contribution in [3.8, 4) is 0 Å². The van der Waals surface area contributed by atoms with Crippen LogP contribution in [0.15, 0.2) is 6.20 Å². The highest BCUT2D eigenvalue weighted by molar-refractivity contribution is 4.93. The van der Waals surface area contributed by atoms with Crippen molar-refractivity contribution in [2.45, 2.75) is 57.2 Å². The molecule has 0 spiro atoms. The third kappa shape index (κ3) is 4.56. The van der Waals surface area contributed by atoms with Gasteiger partial charge in [0.2, 0.25) is 0 Å². The fraction of sp³-hybridized carbons (Fsp3) is 0.846. The van der Waals surface area contributed by atoms with E-state index in [-0.39, 0.29) is 6.61 Å². The fourth-order valence-electron chi connectivity index (χ4n) is 2.57. The molecule has 1 aliphatic rings. The second-order valence-corrected chi connectivity index (χ2v) is 5.44. The number of aliphatic hydroxyl groups excluding tert-OH is 1. The third-order valence-electron chi connectivity index (χ3n) is 3.68. The van der Waals surface area contributed by atoms with E-state index in [9.17, 15) is 5.11 Å². The first-order valence-electron chi connectivity index (χ1n) is 7.15. The molecule has 0 saturated heterocycles. The Hall–Kier alpha value is -0.980. The maximum Gasteiger partial charge on any atom is 0.0964 e. The largest absolute Gasteiger partial charge is 0.396 e. The van der Waals surface area contributed by atoms with Crippen molar-refractivity contribution in [2.75, 3.05) is 13.2 Å². The number of hydrogen-bond donors (Lipinski definition) is 3. The van der Waals surface area contributed by atoms with E-state index in [4.69, 9.17) is 5.11 Å². The van der Waals surface area contributed by atoms with Gasteiger partial charge in [0.1, 0.15) is 0 Å². The molecule has 1 aromatic rings. The minimum atomic E-state index is -0.537. The monoisotopic (exact) mass is 268 g/mol. The first-order valence-corrected chi connectivity index (χ1v) is 7.15. The van der Waals surface area contributed by atoms with Crippen molar-refractivity contribution >= 4 is 0 Å². The lowest BCUT2D eigenvalue weighted by Crippen LogP contribution is -2.41. The summed E-state index contributed by atoms with van der Waals surface area (Å²) in [5, 5.41) is 30.4. The Labute approximate surface area is 113 Å². The van der Waals surface area contributed by atoms with E-state index in [0.29, 0.717) is 26.1 Å². The highest BCUT2D eigenvalue weighted by Crippen LogP contribution is 2.27. The number of rotatable bonds is 7. The molecular formula is C13H24N4O2. The predicted octanol–water partition coefficient (Wildman–Crippen LogP) is 0.445. The lowest BCUT2D eigenvalue weighted by atomic mass is 9.85. The summed E-state index contributed by atoms with van der Waals surface area (Å²) in [7, 11) is 0. The normalized spacial score (nSPS) is 18.6. The summed E-state index contributed by atoms with van der Waals surface area (Å²) in [6, 6.07) is 0. The molecule has 1 aromatic heterocycles. The quantitative estimate of drug-likeness (QED) is 0.668. The van der Waals surface area contributed by atoms with Crippen molar-refractivity contribution in [2.24, 2.45) is 0 Å². The number of aromatic nitrogens is 3. The van der Waals surface area contributed by atoms with Gasteiger partial charge in [-0.1, -0.05) is 24.5 Å². The Morgan fingerprint density at radius 1 is 1.32 bits per heavy atom. The maximum atomic E-state index is 10.3. The summed E-state index contributed by atoms with van der Waals surface area (Å²) in [5.41, 5.74) is 0.336. The van der Waals surface area contributed by atoms with Crippen LogP contribution in [-0.2, 0) is 13.1 Å². The molecule has 1 aliphatic carbocycles. The molecule has 0 aromatic carbocycles. The molecule has 19 heavy (non-hydrogen) atoms. The number of aliphatic hydroxyl groups is 2. The van der Waals surface area contributed by atoms with E-state index in [1.165, 1.54) is 6.42 Å². The smallest absolute Gasteiger partial charge is 0.0964 e. The Bertz CT molecular complexity index is 374. The first-order chi connectivity index (χ1) is 9.22. The lowest BCUT2D eigenvalue weighted by molar-refractivity contribution is 0.00461. The van der Waals surface area contributed by atoms with Crippen LogP contribution in [-0.4, -0.2) is 44.0 Å². The maximum absolute atomic E-state index is 10.3. The van der Waals surface area contributed by atoms with Gasteiger partial charge in [-0.15, -0.1) is 5.10 Å². The lowest BCUT2D eigenvalue weighted by Gasteiger charge is -2.32. The van der Waals surface area contributed by atoms with Crippen LogP contribution in [0.4, 0.5) is 0 Å². The Morgan fingerprint density at radius 3 is 2.84 bits per heavy atom. The molecule has 0 atom stereocenters. The van der Waals surface area contributed by atoms with Gasteiger partial charge >= 0.3 is 0 Å². The molecule has 0 aliphatic heterocycles. The summed E-state index contributed by atoms with van der Waals surface area (Å²) >= 11 is 0.